The van der Waals surface area contributed by atoms with Gasteiger partial charge in [-0.15, -0.1) is 0 Å². The number of nitrogens with zero attached hydrogens (tertiary/aromatic N) is 2. The van der Waals surface area contributed by atoms with E-state index in [1.54, 1.807) is 6.07 Å². The van der Waals surface area contributed by atoms with E-state index in [0.717, 1.165) is 17.4 Å². The molecule has 0 unspecified atom stereocenters. The van der Waals surface area contributed by atoms with Crippen LogP contribution in [0.25, 0.3) is 6.08 Å². The number of anilines is 1. The van der Waals surface area contributed by atoms with Crippen molar-refractivity contribution in [2.45, 2.75) is 0 Å². The van der Waals surface area contributed by atoms with Crippen molar-refractivity contribution in [2.75, 3.05) is 31.2 Å². The molecule has 2 fully saturated rings. The van der Waals surface area contributed by atoms with Crippen LogP contribution in [0.5, 0.6) is 0 Å². The number of morpholine rings is 1. The number of nitro benzene ring substituents is 1. The van der Waals surface area contributed by atoms with Crippen molar-refractivity contribution < 1.29 is 19.2 Å². The van der Waals surface area contributed by atoms with Crippen molar-refractivity contribution in [3.8, 4) is 0 Å². The van der Waals surface area contributed by atoms with Gasteiger partial charge in [0.2, 0.25) is 0 Å². The van der Waals surface area contributed by atoms with Gasteiger partial charge < -0.3 is 9.64 Å². The molecular weight excluding hydrogens is 322 g/mol. The van der Waals surface area contributed by atoms with Crippen molar-refractivity contribution in [3.63, 3.8) is 0 Å². The molecule has 120 valence electrons. The number of amides is 2. The van der Waals surface area contributed by atoms with Crippen LogP contribution in [0.4, 0.5) is 16.2 Å². The zero-order valence-electron chi connectivity index (χ0n) is 12.0. The average Bonchev–Trinajstić information content (AvgIpc) is 2.85. The van der Waals surface area contributed by atoms with E-state index in [1.165, 1.54) is 18.2 Å². The Bertz CT molecular complexity index is 712. The Morgan fingerprint density at radius 1 is 1.30 bits per heavy atom. The molecule has 1 aromatic rings. The van der Waals surface area contributed by atoms with Crippen LogP contribution in [0.1, 0.15) is 5.56 Å². The van der Waals surface area contributed by atoms with Crippen LogP contribution in [0.2, 0.25) is 0 Å². The largest absolute Gasteiger partial charge is 0.378 e. The predicted octanol–water partition coefficient (Wildman–Crippen LogP) is 1.76. The molecule has 0 radical (unpaired) electrons. The Hall–Kier alpha value is -2.39. The molecule has 1 N–H and O–H groups in total. The summed E-state index contributed by atoms with van der Waals surface area (Å²) in [6.45, 7) is 2.46. The number of imide groups is 1. The van der Waals surface area contributed by atoms with Gasteiger partial charge in [-0.3, -0.25) is 25.0 Å². The van der Waals surface area contributed by atoms with Crippen molar-refractivity contribution >= 4 is 40.4 Å². The van der Waals surface area contributed by atoms with Crippen LogP contribution < -0.4 is 10.2 Å². The standard InChI is InChI=1S/C14H13N3O5S/c18-13-12(23-14(19)15-13)8-9-7-10(17(20)21)1-2-11(9)16-3-5-22-6-4-16/h1-2,7-8H,3-6H2,(H,15,18,19)/b12-8+. The highest BCUT2D eigenvalue weighted by Crippen LogP contribution is 2.32. The van der Waals surface area contributed by atoms with E-state index in [2.05, 4.69) is 5.32 Å². The van der Waals surface area contributed by atoms with Gasteiger partial charge >= 0.3 is 0 Å². The van der Waals surface area contributed by atoms with Crippen LogP contribution in [-0.2, 0) is 9.53 Å². The quantitative estimate of drug-likeness (QED) is 0.510. The van der Waals surface area contributed by atoms with Crippen LogP contribution in [0.3, 0.4) is 0 Å². The molecule has 0 aromatic heterocycles. The minimum Gasteiger partial charge on any atom is -0.378 e. The number of carbonyl (C=O) groups is 2. The Labute approximate surface area is 135 Å². The number of carbonyl (C=O) groups excluding carboxylic acids is 2. The second-order valence-corrected chi connectivity index (χ2v) is 5.97. The lowest BCUT2D eigenvalue weighted by Gasteiger charge is -2.30. The van der Waals surface area contributed by atoms with Gasteiger partial charge in [0.25, 0.3) is 16.8 Å². The number of thioether (sulfide) groups is 1. The first kappa shape index (κ1) is 15.5. The van der Waals surface area contributed by atoms with E-state index in [0.29, 0.717) is 31.9 Å². The highest BCUT2D eigenvalue weighted by atomic mass is 32.2. The zero-order valence-corrected chi connectivity index (χ0v) is 12.8. The average molecular weight is 335 g/mol. The summed E-state index contributed by atoms with van der Waals surface area (Å²) in [6, 6.07) is 4.50. The maximum absolute atomic E-state index is 11.7. The van der Waals surface area contributed by atoms with Gasteiger partial charge in [0.15, 0.2) is 0 Å². The second kappa shape index (κ2) is 6.39. The normalized spacial score (nSPS) is 20.0. The minimum atomic E-state index is -0.488. The lowest BCUT2D eigenvalue weighted by molar-refractivity contribution is -0.384. The predicted molar refractivity (Wildman–Crippen MR) is 85.2 cm³/mol. The van der Waals surface area contributed by atoms with E-state index >= 15 is 0 Å². The van der Waals surface area contributed by atoms with E-state index in [1.807, 2.05) is 4.90 Å². The third kappa shape index (κ3) is 3.35. The van der Waals surface area contributed by atoms with Crippen LogP contribution in [-0.4, -0.2) is 42.4 Å². The number of rotatable bonds is 3. The highest BCUT2D eigenvalue weighted by Gasteiger charge is 2.26. The van der Waals surface area contributed by atoms with Gasteiger partial charge in [0.05, 0.1) is 23.0 Å². The molecule has 8 nitrogen and oxygen atoms in total. The smallest absolute Gasteiger partial charge is 0.290 e. The summed E-state index contributed by atoms with van der Waals surface area (Å²) in [5.41, 5.74) is 1.25. The number of benzene rings is 1. The van der Waals surface area contributed by atoms with E-state index in [4.69, 9.17) is 4.74 Å². The first-order chi connectivity index (χ1) is 11.0. The molecule has 0 saturated carbocycles. The topological polar surface area (TPSA) is 102 Å². The Balaban J connectivity index is 2.02. The van der Waals surface area contributed by atoms with Crippen LogP contribution in [0.15, 0.2) is 23.1 Å². The lowest BCUT2D eigenvalue weighted by Crippen LogP contribution is -2.36. The Kier molecular flexibility index (Phi) is 4.30. The first-order valence-electron chi connectivity index (χ1n) is 6.90. The summed E-state index contributed by atoms with van der Waals surface area (Å²) in [6.07, 6.45) is 1.52. The fourth-order valence-corrected chi connectivity index (χ4v) is 3.10. The van der Waals surface area contributed by atoms with E-state index < -0.39 is 16.1 Å². The van der Waals surface area contributed by atoms with Crippen molar-refractivity contribution in [1.82, 2.24) is 5.32 Å². The number of non-ortho nitro benzene ring substituents is 1. The maximum atomic E-state index is 11.7. The fraction of sp³-hybridized carbons (Fsp3) is 0.286. The SMILES string of the molecule is O=C1NC(=O)/C(=C\c2cc([N+](=O)[O-])ccc2N2CCOCC2)S1. The molecule has 0 atom stereocenters. The monoisotopic (exact) mass is 335 g/mol. The number of hydrogen-bond donors (Lipinski definition) is 1. The van der Waals surface area contributed by atoms with Crippen molar-refractivity contribution in [2.24, 2.45) is 0 Å². The minimum absolute atomic E-state index is 0.0661. The molecule has 3 rings (SSSR count). The number of hydrogen-bond acceptors (Lipinski definition) is 7. The molecule has 23 heavy (non-hydrogen) atoms. The fourth-order valence-electron chi connectivity index (χ4n) is 2.43. The molecule has 1 aromatic carbocycles. The van der Waals surface area contributed by atoms with Crippen molar-refractivity contribution in [3.05, 3.63) is 38.8 Å². The van der Waals surface area contributed by atoms with Crippen LogP contribution >= 0.6 is 11.8 Å². The first-order valence-corrected chi connectivity index (χ1v) is 7.72. The van der Waals surface area contributed by atoms with Gasteiger partial charge in [-0.1, -0.05) is 0 Å². The summed E-state index contributed by atoms with van der Waals surface area (Å²) in [5.74, 6) is -0.487. The van der Waals surface area contributed by atoms with Gasteiger partial charge in [-0.2, -0.15) is 0 Å². The Morgan fingerprint density at radius 3 is 2.65 bits per heavy atom. The van der Waals surface area contributed by atoms with Crippen molar-refractivity contribution in [1.29, 1.82) is 0 Å². The summed E-state index contributed by atoms with van der Waals surface area (Å²) < 4.78 is 5.31. The summed E-state index contributed by atoms with van der Waals surface area (Å²) in [4.78, 5) is 35.8. The van der Waals surface area contributed by atoms with Gasteiger partial charge in [-0.25, -0.2) is 0 Å². The number of nitro groups is 1. The maximum Gasteiger partial charge on any atom is 0.290 e. The lowest BCUT2D eigenvalue weighted by atomic mass is 10.1. The highest BCUT2D eigenvalue weighted by molar-refractivity contribution is 8.18. The van der Waals surface area contributed by atoms with E-state index in [-0.39, 0.29) is 10.6 Å². The number of nitrogens with one attached hydrogen (secondary N) is 1. The summed E-state index contributed by atoms with van der Waals surface area (Å²) >= 11 is 0.787. The molecule has 2 aliphatic rings. The molecule has 2 saturated heterocycles. The van der Waals surface area contributed by atoms with Gasteiger partial charge in [0.1, 0.15) is 0 Å². The molecule has 0 aliphatic carbocycles. The molecule has 2 aliphatic heterocycles. The molecule has 0 spiro atoms. The van der Waals surface area contributed by atoms with Gasteiger partial charge in [0, 0.05) is 36.5 Å². The molecule has 0 bridgehead atoms. The molecule has 2 amide bonds. The summed E-state index contributed by atoms with van der Waals surface area (Å²) in [5, 5.41) is 12.7. The molecule has 9 heteroatoms. The van der Waals surface area contributed by atoms with Crippen LogP contribution in [0, 0.1) is 10.1 Å². The molecular formula is C14H13N3O5S. The third-order valence-corrected chi connectivity index (χ3v) is 4.31. The molecule has 2 heterocycles. The Morgan fingerprint density at radius 2 is 2.04 bits per heavy atom. The number of ether oxygens (including phenoxy) is 1. The zero-order chi connectivity index (χ0) is 16.4. The van der Waals surface area contributed by atoms with E-state index in [9.17, 15) is 19.7 Å². The van der Waals surface area contributed by atoms with Gasteiger partial charge in [-0.05, 0) is 23.9 Å². The second-order valence-electron chi connectivity index (χ2n) is 4.95. The summed E-state index contributed by atoms with van der Waals surface area (Å²) in [7, 11) is 0. The third-order valence-electron chi connectivity index (χ3n) is 3.50.